The molecule has 2 aromatic rings. The topological polar surface area (TPSA) is 175 Å². The van der Waals surface area contributed by atoms with E-state index in [2.05, 4.69) is 10.5 Å². The van der Waals surface area contributed by atoms with Gasteiger partial charge in [-0.25, -0.2) is 9.59 Å². The van der Waals surface area contributed by atoms with E-state index in [-0.39, 0.29) is 41.7 Å². The number of hydrogen-bond acceptors (Lipinski definition) is 11. The van der Waals surface area contributed by atoms with Gasteiger partial charge >= 0.3 is 17.9 Å². The highest BCUT2D eigenvalue weighted by atomic mass is 32.2. The summed E-state index contributed by atoms with van der Waals surface area (Å²) in [5.41, 5.74) is -1.60. The molecule has 1 fully saturated rings. The van der Waals surface area contributed by atoms with Crippen molar-refractivity contribution in [3.05, 3.63) is 59.0 Å². The first-order valence-corrected chi connectivity index (χ1v) is 11.8. The molecule has 0 radical (unpaired) electrons. The number of hydrogen-bond donors (Lipinski definition) is 2. The fourth-order valence-electron chi connectivity index (χ4n) is 3.81. The third kappa shape index (κ3) is 5.06. The van der Waals surface area contributed by atoms with Crippen molar-refractivity contribution in [2.24, 2.45) is 0 Å². The number of aromatic nitrogens is 1. The predicted molar refractivity (Wildman–Crippen MR) is 124 cm³/mol. The van der Waals surface area contributed by atoms with Gasteiger partial charge in [-0.3, -0.25) is 19.3 Å². The lowest BCUT2D eigenvalue weighted by atomic mass is 9.98. The number of carbonyl (C=O) groups is 5. The fraction of sp³-hybridized carbons (Fsp3) is 0.304. The second kappa shape index (κ2) is 10.4. The van der Waals surface area contributed by atoms with Gasteiger partial charge < -0.3 is 29.2 Å². The number of methoxy groups -OCH3 is 1. The highest BCUT2D eigenvalue weighted by Crippen LogP contribution is 2.46. The van der Waals surface area contributed by atoms with Crippen LogP contribution in [0.25, 0.3) is 0 Å². The Morgan fingerprint density at radius 1 is 1.27 bits per heavy atom. The monoisotopic (exact) mass is 531 g/mol. The summed E-state index contributed by atoms with van der Waals surface area (Å²) in [6, 6.07) is 9.47. The lowest BCUT2D eigenvalue weighted by molar-refractivity contribution is -0.192. The minimum absolute atomic E-state index is 0.0503. The Morgan fingerprint density at radius 2 is 2.00 bits per heavy atom. The standard InChI is InChI=1S/C23H21N3O10S/c1-12(27)34-10-14-11-37-22-23(33-2,21(32)26(22)18(14)19(29)30)24-16(28)8-15-9-17(25-36-15)35-20(31)13-6-4-3-5-7-13/h3-7,9,22H,8,10-11H2,1-2H3,(H,24,28)(H,29,30)/t22-,23-/m0/s1. The zero-order chi connectivity index (χ0) is 26.7. The van der Waals surface area contributed by atoms with Gasteiger partial charge in [0.15, 0.2) is 0 Å². The van der Waals surface area contributed by atoms with Crippen LogP contribution in [0.15, 0.2) is 52.2 Å². The van der Waals surface area contributed by atoms with E-state index in [0.717, 1.165) is 16.7 Å². The molecule has 13 nitrogen and oxygen atoms in total. The third-order valence-corrected chi connectivity index (χ3v) is 6.86. The molecule has 0 spiro atoms. The number of β-lactam (4-membered cyclic amide) rings is 1. The SMILES string of the molecule is CO[C@@]1(NC(=O)Cc2cc(OC(=O)c3ccccc3)no2)C(=O)N2C(C(=O)O)=C(COC(C)=O)CS[C@H]21. The maximum absolute atomic E-state index is 13.1. The van der Waals surface area contributed by atoms with Gasteiger partial charge in [0.05, 0.1) is 12.0 Å². The van der Waals surface area contributed by atoms with E-state index in [4.69, 9.17) is 18.7 Å². The predicted octanol–water partition coefficient (Wildman–Crippen LogP) is 0.712. The zero-order valence-electron chi connectivity index (χ0n) is 19.6. The summed E-state index contributed by atoms with van der Waals surface area (Å²) in [5.74, 6) is -4.08. The number of thioether (sulfide) groups is 1. The number of amides is 2. The van der Waals surface area contributed by atoms with Crippen LogP contribution in [0.2, 0.25) is 0 Å². The number of esters is 2. The van der Waals surface area contributed by atoms with Crippen molar-refractivity contribution in [1.29, 1.82) is 0 Å². The van der Waals surface area contributed by atoms with Crippen LogP contribution in [0, 0.1) is 0 Å². The first-order valence-electron chi connectivity index (χ1n) is 10.8. The van der Waals surface area contributed by atoms with Gasteiger partial charge in [-0.2, -0.15) is 0 Å². The molecular formula is C23H21N3O10S. The second-order valence-electron chi connectivity index (χ2n) is 7.93. The van der Waals surface area contributed by atoms with Crippen molar-refractivity contribution >= 4 is 41.5 Å². The van der Waals surface area contributed by atoms with Gasteiger partial charge in [0.1, 0.15) is 23.4 Å². The second-order valence-corrected chi connectivity index (χ2v) is 9.00. The zero-order valence-corrected chi connectivity index (χ0v) is 20.4. The van der Waals surface area contributed by atoms with Gasteiger partial charge in [0.25, 0.3) is 17.5 Å². The number of ether oxygens (including phenoxy) is 3. The van der Waals surface area contributed by atoms with E-state index in [0.29, 0.717) is 5.56 Å². The first-order chi connectivity index (χ1) is 17.7. The number of rotatable bonds is 9. The normalized spacial score (nSPS) is 20.5. The lowest BCUT2D eigenvalue weighted by Gasteiger charge is -2.55. The van der Waals surface area contributed by atoms with Crippen molar-refractivity contribution in [2.45, 2.75) is 24.4 Å². The average molecular weight is 531 g/mol. The Balaban J connectivity index is 1.43. The average Bonchev–Trinajstić information content (AvgIpc) is 3.31. The quantitative estimate of drug-likeness (QED) is 0.264. The Kier molecular flexibility index (Phi) is 7.31. The summed E-state index contributed by atoms with van der Waals surface area (Å²) in [6.45, 7) is 0.903. The molecule has 14 heteroatoms. The molecule has 1 aromatic heterocycles. The number of benzene rings is 1. The van der Waals surface area contributed by atoms with Crippen LogP contribution in [0.1, 0.15) is 23.0 Å². The molecule has 37 heavy (non-hydrogen) atoms. The van der Waals surface area contributed by atoms with Crippen molar-refractivity contribution in [3.8, 4) is 5.88 Å². The van der Waals surface area contributed by atoms with Crippen LogP contribution >= 0.6 is 11.8 Å². The Bertz CT molecular complexity index is 1290. The van der Waals surface area contributed by atoms with Gasteiger partial charge in [-0.15, -0.1) is 11.8 Å². The largest absolute Gasteiger partial charge is 0.477 e. The number of nitrogens with one attached hydrogen (secondary N) is 1. The molecule has 0 unspecified atom stereocenters. The number of nitrogens with zero attached hydrogens (tertiary/aromatic N) is 2. The molecule has 1 saturated heterocycles. The molecule has 3 heterocycles. The van der Waals surface area contributed by atoms with Crippen LogP contribution in [0.4, 0.5) is 0 Å². The van der Waals surface area contributed by atoms with Crippen molar-refractivity contribution in [2.75, 3.05) is 19.5 Å². The summed E-state index contributed by atoms with van der Waals surface area (Å²) in [4.78, 5) is 62.0. The minimum Gasteiger partial charge on any atom is -0.477 e. The van der Waals surface area contributed by atoms with Crippen molar-refractivity contribution in [1.82, 2.24) is 15.4 Å². The molecule has 2 atom stereocenters. The highest BCUT2D eigenvalue weighted by molar-refractivity contribution is 8.00. The fourth-order valence-corrected chi connectivity index (χ4v) is 5.23. The number of carboxylic acid groups (broad SMARTS) is 1. The van der Waals surface area contributed by atoms with E-state index in [1.54, 1.807) is 30.3 Å². The molecule has 2 aliphatic rings. The third-order valence-electron chi connectivity index (χ3n) is 5.49. The van der Waals surface area contributed by atoms with Gasteiger partial charge in [0, 0.05) is 31.4 Å². The van der Waals surface area contributed by atoms with E-state index in [1.807, 2.05) is 0 Å². The van der Waals surface area contributed by atoms with E-state index >= 15 is 0 Å². The first kappa shape index (κ1) is 25.9. The van der Waals surface area contributed by atoms with E-state index < -0.39 is 40.8 Å². The molecule has 2 N–H and O–H groups in total. The molecule has 2 amide bonds. The van der Waals surface area contributed by atoms with Crippen LogP contribution in [-0.4, -0.2) is 75.5 Å². The van der Waals surface area contributed by atoms with Gasteiger partial charge in [-0.1, -0.05) is 18.2 Å². The summed E-state index contributed by atoms with van der Waals surface area (Å²) < 4.78 is 20.5. The minimum atomic E-state index is -1.82. The Labute approximate surface area is 213 Å². The summed E-state index contributed by atoms with van der Waals surface area (Å²) in [6.07, 6.45) is -0.370. The molecule has 0 bridgehead atoms. The molecule has 194 valence electrons. The Morgan fingerprint density at radius 3 is 2.65 bits per heavy atom. The molecular weight excluding hydrogens is 510 g/mol. The number of fused-ring (bicyclic) bond motifs is 1. The van der Waals surface area contributed by atoms with Crippen LogP contribution in [0.3, 0.4) is 0 Å². The van der Waals surface area contributed by atoms with Crippen LogP contribution in [-0.2, 0) is 35.1 Å². The molecule has 1 aromatic carbocycles. The summed E-state index contributed by atoms with van der Waals surface area (Å²) >= 11 is 1.15. The summed E-state index contributed by atoms with van der Waals surface area (Å²) in [5, 5.41) is 14.9. The molecule has 4 rings (SSSR count). The maximum atomic E-state index is 13.1. The van der Waals surface area contributed by atoms with E-state index in [9.17, 15) is 29.1 Å². The lowest BCUT2D eigenvalue weighted by Crippen LogP contribution is -2.80. The smallest absolute Gasteiger partial charge is 0.352 e. The molecule has 2 aliphatic heterocycles. The van der Waals surface area contributed by atoms with Gasteiger partial charge in [-0.05, 0) is 17.3 Å². The van der Waals surface area contributed by atoms with Crippen molar-refractivity contribution in [3.63, 3.8) is 0 Å². The number of carboxylic acids is 1. The highest BCUT2D eigenvalue weighted by Gasteiger charge is 2.66. The maximum Gasteiger partial charge on any atom is 0.352 e. The number of carbonyl (C=O) groups excluding carboxylic acids is 4. The Hall–Kier alpha value is -4.17. The van der Waals surface area contributed by atoms with Crippen LogP contribution in [0.5, 0.6) is 5.88 Å². The molecule has 0 aliphatic carbocycles. The van der Waals surface area contributed by atoms with Crippen LogP contribution < -0.4 is 10.1 Å². The summed E-state index contributed by atoms with van der Waals surface area (Å²) in [7, 11) is 1.21. The molecule has 0 saturated carbocycles. The van der Waals surface area contributed by atoms with Gasteiger partial charge in [0.2, 0.25) is 5.91 Å². The van der Waals surface area contributed by atoms with E-state index in [1.165, 1.54) is 20.1 Å². The van der Waals surface area contributed by atoms with Crippen molar-refractivity contribution < 1.29 is 47.8 Å². The number of aliphatic carboxylic acids is 1.